The Balaban J connectivity index is 1.74. The van der Waals surface area contributed by atoms with Gasteiger partial charge in [0, 0.05) is 19.1 Å². The Morgan fingerprint density at radius 2 is 1.83 bits per heavy atom. The van der Waals surface area contributed by atoms with Crippen molar-refractivity contribution in [1.29, 1.82) is 0 Å². The van der Waals surface area contributed by atoms with Crippen molar-refractivity contribution in [1.82, 2.24) is 10.2 Å². The van der Waals surface area contributed by atoms with Crippen LogP contribution in [0.4, 0.5) is 4.39 Å². The van der Waals surface area contributed by atoms with E-state index < -0.39 is 11.8 Å². The molecule has 0 bridgehead atoms. The Morgan fingerprint density at radius 3 is 2.39 bits per heavy atom. The lowest BCUT2D eigenvalue weighted by Crippen LogP contribution is -2.49. The molecule has 1 saturated heterocycles. The first-order valence-corrected chi connectivity index (χ1v) is 7.42. The number of halogens is 1. The minimum Gasteiger partial charge on any atom is -0.361 e. The van der Waals surface area contributed by atoms with Gasteiger partial charge in [-0.2, -0.15) is 0 Å². The maximum absolute atomic E-state index is 12.8. The van der Waals surface area contributed by atoms with Crippen LogP contribution in [0.1, 0.15) is 18.4 Å². The van der Waals surface area contributed by atoms with Gasteiger partial charge in [-0.05, 0) is 37.0 Å². The van der Waals surface area contributed by atoms with Gasteiger partial charge in [0.2, 0.25) is 5.91 Å². The number of hydrogen-bond acceptors (Lipinski definition) is 3. The van der Waals surface area contributed by atoms with Crippen LogP contribution in [0.2, 0.25) is 0 Å². The van der Waals surface area contributed by atoms with Crippen LogP contribution in [0, 0.1) is 12.2 Å². The van der Waals surface area contributed by atoms with Crippen LogP contribution in [-0.4, -0.2) is 41.8 Å². The number of amides is 3. The number of hydrogen-bond donors (Lipinski definition) is 2. The summed E-state index contributed by atoms with van der Waals surface area (Å²) in [5.74, 6) is -2.19. The lowest BCUT2D eigenvalue weighted by molar-refractivity contribution is -0.138. The molecule has 0 atom stereocenters. The van der Waals surface area contributed by atoms with E-state index in [2.05, 4.69) is 5.32 Å². The fourth-order valence-corrected chi connectivity index (χ4v) is 2.46. The van der Waals surface area contributed by atoms with Crippen molar-refractivity contribution in [2.45, 2.75) is 25.3 Å². The van der Waals surface area contributed by atoms with Crippen molar-refractivity contribution in [2.75, 3.05) is 13.1 Å². The third-order valence-corrected chi connectivity index (χ3v) is 3.79. The van der Waals surface area contributed by atoms with Crippen LogP contribution in [0.25, 0.3) is 0 Å². The molecule has 1 aliphatic rings. The van der Waals surface area contributed by atoms with Crippen molar-refractivity contribution in [2.24, 2.45) is 5.73 Å². The number of primary amides is 1. The van der Waals surface area contributed by atoms with Gasteiger partial charge in [-0.3, -0.25) is 14.4 Å². The third-order valence-electron chi connectivity index (χ3n) is 3.79. The SMILES string of the molecule is NC(=O)C(=O)NC1CCN(C(=O)[CH]Cc2ccc(F)cc2)CC1. The second kappa shape index (κ2) is 7.71. The van der Waals surface area contributed by atoms with E-state index in [1.807, 2.05) is 0 Å². The zero-order valence-corrected chi connectivity index (χ0v) is 12.6. The van der Waals surface area contributed by atoms with Gasteiger partial charge in [0.05, 0.1) is 6.42 Å². The zero-order valence-electron chi connectivity index (χ0n) is 12.6. The topological polar surface area (TPSA) is 92.5 Å². The predicted molar refractivity (Wildman–Crippen MR) is 81.3 cm³/mol. The average Bonchev–Trinajstić information content (AvgIpc) is 2.54. The van der Waals surface area contributed by atoms with E-state index in [1.54, 1.807) is 23.5 Å². The summed E-state index contributed by atoms with van der Waals surface area (Å²) in [6.45, 7) is 1.00. The van der Waals surface area contributed by atoms with Crippen molar-refractivity contribution < 1.29 is 18.8 Å². The molecule has 1 fully saturated rings. The van der Waals surface area contributed by atoms with Crippen LogP contribution in [-0.2, 0) is 20.8 Å². The van der Waals surface area contributed by atoms with Gasteiger partial charge in [-0.1, -0.05) is 12.1 Å². The summed E-state index contributed by atoms with van der Waals surface area (Å²) >= 11 is 0. The van der Waals surface area contributed by atoms with Gasteiger partial charge in [-0.25, -0.2) is 4.39 Å². The molecule has 0 unspecified atom stereocenters. The molecule has 6 nitrogen and oxygen atoms in total. The normalized spacial score (nSPS) is 15.3. The highest BCUT2D eigenvalue weighted by molar-refractivity contribution is 6.34. The highest BCUT2D eigenvalue weighted by Gasteiger charge is 2.24. The Kier molecular flexibility index (Phi) is 5.67. The summed E-state index contributed by atoms with van der Waals surface area (Å²) in [5, 5.41) is 2.54. The first kappa shape index (κ1) is 16.9. The molecular weight excluding hydrogens is 301 g/mol. The summed E-state index contributed by atoms with van der Waals surface area (Å²) in [6.07, 6.45) is 3.16. The fourth-order valence-electron chi connectivity index (χ4n) is 2.46. The number of rotatable bonds is 4. The molecule has 0 saturated carbocycles. The van der Waals surface area contributed by atoms with Crippen LogP contribution in [0.5, 0.6) is 0 Å². The minimum absolute atomic E-state index is 0.0889. The molecule has 1 aliphatic heterocycles. The van der Waals surface area contributed by atoms with Crippen molar-refractivity contribution in [3.05, 3.63) is 42.1 Å². The maximum atomic E-state index is 12.8. The highest BCUT2D eigenvalue weighted by atomic mass is 19.1. The predicted octanol–water partition coefficient (Wildman–Crippen LogP) is 0.165. The van der Waals surface area contributed by atoms with E-state index in [-0.39, 0.29) is 17.8 Å². The highest BCUT2D eigenvalue weighted by Crippen LogP contribution is 2.13. The number of nitrogens with two attached hydrogens (primary N) is 1. The van der Waals surface area contributed by atoms with Crippen molar-refractivity contribution in [3.8, 4) is 0 Å². The summed E-state index contributed by atoms with van der Waals surface area (Å²) in [6, 6.07) is 5.87. The molecule has 23 heavy (non-hydrogen) atoms. The largest absolute Gasteiger partial charge is 0.361 e. The standard InChI is InChI=1S/C16H19FN3O3/c17-12-4-1-11(2-5-12)3-6-14(21)20-9-7-13(8-10-20)19-16(23)15(18)22/h1-2,4-6,13H,3,7-10H2,(H2,18,22)(H,19,23). The van der Waals surface area contributed by atoms with E-state index in [1.165, 1.54) is 12.1 Å². The molecule has 3 amide bonds. The van der Waals surface area contributed by atoms with Crippen molar-refractivity contribution in [3.63, 3.8) is 0 Å². The Bertz CT molecular complexity index is 581. The lowest BCUT2D eigenvalue weighted by atomic mass is 10.0. The minimum atomic E-state index is -1.00. The van der Waals surface area contributed by atoms with E-state index >= 15 is 0 Å². The van der Waals surface area contributed by atoms with Crippen LogP contribution >= 0.6 is 0 Å². The number of likely N-dealkylation sites (tertiary alicyclic amines) is 1. The van der Waals surface area contributed by atoms with Crippen LogP contribution in [0.15, 0.2) is 24.3 Å². The second-order valence-electron chi connectivity index (χ2n) is 5.47. The zero-order chi connectivity index (χ0) is 16.8. The first-order valence-electron chi connectivity index (χ1n) is 7.42. The summed E-state index contributed by atoms with van der Waals surface area (Å²) < 4.78 is 12.8. The summed E-state index contributed by atoms with van der Waals surface area (Å²) in [5.41, 5.74) is 5.75. The molecule has 0 aromatic heterocycles. The molecule has 1 heterocycles. The van der Waals surface area contributed by atoms with Gasteiger partial charge < -0.3 is 16.0 Å². The summed E-state index contributed by atoms with van der Waals surface area (Å²) in [7, 11) is 0. The number of nitrogens with zero attached hydrogens (tertiary/aromatic N) is 1. The molecule has 123 valence electrons. The van der Waals surface area contributed by atoms with Gasteiger partial charge in [0.1, 0.15) is 5.82 Å². The average molecular weight is 320 g/mol. The molecule has 0 spiro atoms. The van der Waals surface area contributed by atoms with Crippen LogP contribution < -0.4 is 11.1 Å². The number of piperidine rings is 1. The molecule has 1 radical (unpaired) electrons. The maximum Gasteiger partial charge on any atom is 0.309 e. The van der Waals surface area contributed by atoms with Gasteiger partial charge in [0.25, 0.3) is 0 Å². The van der Waals surface area contributed by atoms with E-state index in [0.717, 1.165) is 5.56 Å². The third kappa shape index (κ3) is 5.05. The molecular formula is C16H19FN3O3. The monoisotopic (exact) mass is 320 g/mol. The number of carbonyl (C=O) groups is 3. The molecule has 1 aromatic rings. The number of benzene rings is 1. The second-order valence-corrected chi connectivity index (χ2v) is 5.47. The van der Waals surface area contributed by atoms with Gasteiger partial charge in [-0.15, -0.1) is 0 Å². The van der Waals surface area contributed by atoms with Gasteiger partial charge >= 0.3 is 11.8 Å². The van der Waals surface area contributed by atoms with E-state index in [0.29, 0.717) is 32.4 Å². The Morgan fingerprint density at radius 1 is 1.22 bits per heavy atom. The van der Waals surface area contributed by atoms with Crippen molar-refractivity contribution >= 4 is 17.7 Å². The van der Waals surface area contributed by atoms with Gasteiger partial charge in [0.15, 0.2) is 0 Å². The molecule has 2 rings (SSSR count). The summed E-state index contributed by atoms with van der Waals surface area (Å²) in [4.78, 5) is 35.7. The first-order chi connectivity index (χ1) is 11.0. The number of nitrogens with one attached hydrogen (secondary N) is 1. The van der Waals surface area contributed by atoms with E-state index in [9.17, 15) is 18.8 Å². The lowest BCUT2D eigenvalue weighted by Gasteiger charge is -2.32. The number of carbonyl (C=O) groups excluding carboxylic acids is 3. The Labute approximate surface area is 133 Å². The molecule has 3 N–H and O–H groups in total. The molecule has 7 heteroatoms. The molecule has 0 aliphatic carbocycles. The molecule has 1 aromatic carbocycles. The smallest absolute Gasteiger partial charge is 0.309 e. The Hall–Kier alpha value is -2.44. The fraction of sp³-hybridized carbons (Fsp3) is 0.375. The van der Waals surface area contributed by atoms with Crippen LogP contribution in [0.3, 0.4) is 0 Å². The quantitative estimate of drug-likeness (QED) is 0.774. The van der Waals surface area contributed by atoms with E-state index in [4.69, 9.17) is 5.73 Å².